The summed E-state index contributed by atoms with van der Waals surface area (Å²) >= 11 is 0. The van der Waals surface area contributed by atoms with Crippen LogP contribution in [-0.4, -0.2) is 72.9 Å². The Balaban J connectivity index is 1.77. The van der Waals surface area contributed by atoms with Gasteiger partial charge < -0.3 is 9.84 Å². The number of carboxylic acids is 1. The number of rotatable bonds is 4. The molecule has 2 aliphatic rings. The number of hydrogen-bond donors (Lipinski definition) is 1. The van der Waals surface area contributed by atoms with Crippen molar-refractivity contribution in [3.63, 3.8) is 0 Å². The van der Waals surface area contributed by atoms with Crippen molar-refractivity contribution in [2.75, 3.05) is 45.9 Å². The first-order valence-corrected chi connectivity index (χ1v) is 6.54. The summed E-state index contributed by atoms with van der Waals surface area (Å²) in [5.41, 5.74) is 0. The Bertz CT molecular complexity index is 254. The summed E-state index contributed by atoms with van der Waals surface area (Å²) in [5.74, 6) is -0.660. The minimum absolute atomic E-state index is 0.259. The molecule has 0 bridgehead atoms. The molecule has 1 N–H and O–H groups in total. The summed E-state index contributed by atoms with van der Waals surface area (Å²) < 4.78 is 5.30. The van der Waals surface area contributed by atoms with Crippen molar-refractivity contribution in [3.8, 4) is 0 Å². The van der Waals surface area contributed by atoms with Gasteiger partial charge in [0.25, 0.3) is 0 Å². The molecule has 0 spiro atoms. The molecule has 0 aliphatic carbocycles. The second-order valence-corrected chi connectivity index (χ2v) is 4.84. The van der Waals surface area contributed by atoms with Crippen molar-refractivity contribution < 1.29 is 14.6 Å². The maximum atomic E-state index is 11.1. The highest BCUT2D eigenvalue weighted by Gasteiger charge is 2.28. The Morgan fingerprint density at radius 1 is 1.18 bits per heavy atom. The number of hydrogen-bond acceptors (Lipinski definition) is 4. The van der Waals surface area contributed by atoms with Crippen LogP contribution in [0.1, 0.15) is 19.3 Å². The monoisotopic (exact) mass is 242 g/mol. The first kappa shape index (κ1) is 12.8. The molecule has 0 aromatic rings. The number of ether oxygens (including phenoxy) is 1. The molecule has 2 fully saturated rings. The van der Waals surface area contributed by atoms with E-state index in [9.17, 15) is 9.90 Å². The maximum Gasteiger partial charge on any atom is 0.320 e. The van der Waals surface area contributed by atoms with Crippen LogP contribution in [-0.2, 0) is 9.53 Å². The van der Waals surface area contributed by atoms with Crippen molar-refractivity contribution in [2.45, 2.75) is 25.3 Å². The highest BCUT2D eigenvalue weighted by atomic mass is 16.5. The Hall–Kier alpha value is -0.650. The largest absolute Gasteiger partial charge is 0.480 e. The summed E-state index contributed by atoms with van der Waals surface area (Å²) in [7, 11) is 0. The van der Waals surface area contributed by atoms with E-state index in [4.69, 9.17) is 4.74 Å². The Labute approximate surface area is 102 Å². The standard InChI is InChI=1S/C12H22N2O3/c15-12(16)11-3-1-2-4-14(11)6-5-13-7-9-17-10-8-13/h11H,1-10H2,(H,15,16). The fraction of sp³-hybridized carbons (Fsp3) is 0.917. The normalized spacial score (nSPS) is 28.1. The molecule has 0 saturated carbocycles. The summed E-state index contributed by atoms with van der Waals surface area (Å²) in [5, 5.41) is 9.17. The van der Waals surface area contributed by atoms with Crippen LogP contribution in [0.5, 0.6) is 0 Å². The van der Waals surface area contributed by atoms with E-state index in [1.54, 1.807) is 0 Å². The zero-order chi connectivity index (χ0) is 12.1. The molecule has 1 unspecified atom stereocenters. The van der Waals surface area contributed by atoms with Gasteiger partial charge in [0.05, 0.1) is 13.2 Å². The fourth-order valence-corrected chi connectivity index (χ4v) is 2.63. The van der Waals surface area contributed by atoms with Crippen molar-refractivity contribution in [1.29, 1.82) is 0 Å². The molecule has 0 amide bonds. The third kappa shape index (κ3) is 3.66. The number of aliphatic carboxylic acids is 1. The molecule has 2 heterocycles. The predicted octanol–water partition coefficient (Wildman–Crippen LogP) is 0.258. The second-order valence-electron chi connectivity index (χ2n) is 4.84. The van der Waals surface area contributed by atoms with Crippen molar-refractivity contribution >= 4 is 5.97 Å². The van der Waals surface area contributed by atoms with Crippen LogP contribution in [0.25, 0.3) is 0 Å². The molecule has 0 aromatic heterocycles. The van der Waals surface area contributed by atoms with Crippen molar-refractivity contribution in [2.24, 2.45) is 0 Å². The van der Waals surface area contributed by atoms with E-state index in [2.05, 4.69) is 9.80 Å². The zero-order valence-corrected chi connectivity index (χ0v) is 10.3. The first-order chi connectivity index (χ1) is 8.27. The Morgan fingerprint density at radius 3 is 2.65 bits per heavy atom. The number of morpholine rings is 1. The number of piperidine rings is 1. The minimum atomic E-state index is -0.660. The van der Waals surface area contributed by atoms with Crippen LogP contribution < -0.4 is 0 Å². The van der Waals surface area contributed by atoms with Gasteiger partial charge in [0, 0.05) is 26.2 Å². The Morgan fingerprint density at radius 2 is 1.94 bits per heavy atom. The van der Waals surface area contributed by atoms with E-state index in [0.29, 0.717) is 0 Å². The minimum Gasteiger partial charge on any atom is -0.480 e. The smallest absolute Gasteiger partial charge is 0.320 e. The van der Waals surface area contributed by atoms with Crippen LogP contribution in [0.2, 0.25) is 0 Å². The molecule has 0 aromatic carbocycles. The van der Waals surface area contributed by atoms with Crippen molar-refractivity contribution in [1.82, 2.24) is 9.80 Å². The third-order valence-electron chi connectivity index (χ3n) is 3.71. The summed E-state index contributed by atoms with van der Waals surface area (Å²) in [4.78, 5) is 15.6. The van der Waals surface area contributed by atoms with Gasteiger partial charge in [0.2, 0.25) is 0 Å². The van der Waals surface area contributed by atoms with Gasteiger partial charge in [-0.3, -0.25) is 14.6 Å². The SMILES string of the molecule is O=C(O)C1CCCCN1CCN1CCOCC1. The quantitative estimate of drug-likeness (QED) is 0.766. The van der Waals surface area contributed by atoms with E-state index >= 15 is 0 Å². The molecule has 2 rings (SSSR count). The van der Waals surface area contributed by atoms with Gasteiger partial charge in [-0.1, -0.05) is 6.42 Å². The van der Waals surface area contributed by atoms with Gasteiger partial charge in [-0.15, -0.1) is 0 Å². The lowest BCUT2D eigenvalue weighted by atomic mass is 10.0. The molecular weight excluding hydrogens is 220 g/mol. The Kier molecular flexibility index (Phi) is 4.76. The average molecular weight is 242 g/mol. The number of carboxylic acid groups (broad SMARTS) is 1. The van der Waals surface area contributed by atoms with E-state index in [-0.39, 0.29) is 6.04 Å². The number of nitrogens with zero attached hydrogens (tertiary/aromatic N) is 2. The van der Waals surface area contributed by atoms with Gasteiger partial charge in [-0.25, -0.2) is 0 Å². The summed E-state index contributed by atoms with van der Waals surface area (Å²) in [6.07, 6.45) is 2.98. The first-order valence-electron chi connectivity index (χ1n) is 6.54. The molecule has 5 heteroatoms. The fourth-order valence-electron chi connectivity index (χ4n) is 2.63. The van der Waals surface area contributed by atoms with Crippen LogP contribution in [0.15, 0.2) is 0 Å². The number of likely N-dealkylation sites (tertiary alicyclic amines) is 1. The molecule has 98 valence electrons. The highest BCUT2D eigenvalue weighted by Crippen LogP contribution is 2.16. The van der Waals surface area contributed by atoms with E-state index in [1.165, 1.54) is 0 Å². The molecular formula is C12H22N2O3. The second kappa shape index (κ2) is 6.33. The molecule has 2 aliphatic heterocycles. The molecule has 2 saturated heterocycles. The van der Waals surface area contributed by atoms with Crippen LogP contribution in [0.4, 0.5) is 0 Å². The molecule has 5 nitrogen and oxygen atoms in total. The molecule has 17 heavy (non-hydrogen) atoms. The highest BCUT2D eigenvalue weighted by molar-refractivity contribution is 5.73. The van der Waals surface area contributed by atoms with Crippen LogP contribution in [0.3, 0.4) is 0 Å². The maximum absolute atomic E-state index is 11.1. The molecule has 0 radical (unpaired) electrons. The van der Waals surface area contributed by atoms with E-state index < -0.39 is 5.97 Å². The lowest BCUT2D eigenvalue weighted by Crippen LogP contribution is -2.49. The van der Waals surface area contributed by atoms with Gasteiger partial charge >= 0.3 is 5.97 Å². The van der Waals surface area contributed by atoms with E-state index in [1.807, 2.05) is 0 Å². The van der Waals surface area contributed by atoms with E-state index in [0.717, 1.165) is 65.2 Å². The molecule has 1 atom stereocenters. The van der Waals surface area contributed by atoms with Gasteiger partial charge in [-0.05, 0) is 19.4 Å². The summed E-state index contributed by atoms with van der Waals surface area (Å²) in [6, 6.07) is -0.259. The van der Waals surface area contributed by atoms with Gasteiger partial charge in [0.15, 0.2) is 0 Å². The third-order valence-corrected chi connectivity index (χ3v) is 3.71. The zero-order valence-electron chi connectivity index (χ0n) is 10.3. The lowest BCUT2D eigenvalue weighted by Gasteiger charge is -2.35. The van der Waals surface area contributed by atoms with Crippen molar-refractivity contribution in [3.05, 3.63) is 0 Å². The summed E-state index contributed by atoms with van der Waals surface area (Å²) in [6.45, 7) is 6.34. The average Bonchev–Trinajstić information content (AvgIpc) is 2.38. The lowest BCUT2D eigenvalue weighted by molar-refractivity contribution is -0.144. The van der Waals surface area contributed by atoms with Gasteiger partial charge in [-0.2, -0.15) is 0 Å². The number of carbonyl (C=O) groups is 1. The predicted molar refractivity (Wildman–Crippen MR) is 64.1 cm³/mol. The van der Waals surface area contributed by atoms with Gasteiger partial charge in [0.1, 0.15) is 6.04 Å². The topological polar surface area (TPSA) is 53.0 Å². The van der Waals surface area contributed by atoms with Crippen LogP contribution in [0, 0.1) is 0 Å². The van der Waals surface area contributed by atoms with Crippen LogP contribution >= 0.6 is 0 Å².